The molecule has 1 heterocycles. The first-order valence-corrected chi connectivity index (χ1v) is 6.37. The second kappa shape index (κ2) is 7.46. The third-order valence-electron chi connectivity index (χ3n) is 3.33. The molecular weight excluding hydrogens is 267 g/mol. The lowest BCUT2D eigenvalue weighted by Gasteiger charge is -2.27. The topological polar surface area (TPSA) is 32.3 Å². The normalized spacial score (nSPS) is 18.5. The Kier molecular flexibility index (Phi) is 6.25. The Morgan fingerprint density at radius 2 is 2.32 bits per heavy atom. The Bertz CT molecular complexity index is 422. The third kappa shape index (κ3) is 4.48. The lowest BCUT2D eigenvalue weighted by atomic mass is 9.98. The highest BCUT2D eigenvalue weighted by molar-refractivity contribution is 5.85. The first-order valence-electron chi connectivity index (χ1n) is 6.37. The minimum atomic E-state index is -0.257. The van der Waals surface area contributed by atoms with Crippen LogP contribution in [0, 0.1) is 11.7 Å². The minimum Gasteiger partial charge on any atom is -0.341 e. The van der Waals surface area contributed by atoms with Crippen LogP contribution >= 0.6 is 12.4 Å². The van der Waals surface area contributed by atoms with Crippen LogP contribution in [0.15, 0.2) is 24.3 Å². The van der Waals surface area contributed by atoms with Crippen LogP contribution in [-0.2, 0) is 11.3 Å². The number of carbonyl (C=O) groups excluding carboxylic acids is 1. The molecule has 0 radical (unpaired) electrons. The smallest absolute Gasteiger partial charge is 0.227 e. The van der Waals surface area contributed by atoms with Gasteiger partial charge in [0.15, 0.2) is 0 Å². The van der Waals surface area contributed by atoms with E-state index in [0.29, 0.717) is 6.54 Å². The molecule has 1 saturated heterocycles. The van der Waals surface area contributed by atoms with Crippen molar-refractivity contribution in [3.8, 4) is 0 Å². The number of nitrogens with one attached hydrogen (secondary N) is 1. The van der Waals surface area contributed by atoms with E-state index in [4.69, 9.17) is 0 Å². The van der Waals surface area contributed by atoms with Gasteiger partial charge in [-0.15, -0.1) is 12.4 Å². The molecule has 2 rings (SSSR count). The van der Waals surface area contributed by atoms with E-state index in [1.807, 2.05) is 6.07 Å². The van der Waals surface area contributed by atoms with Crippen LogP contribution in [0.25, 0.3) is 0 Å². The number of hydrogen-bond acceptors (Lipinski definition) is 2. The second-order valence-corrected chi connectivity index (χ2v) is 4.87. The highest BCUT2D eigenvalue weighted by atomic mass is 35.5. The number of hydrogen-bond donors (Lipinski definition) is 1. The van der Waals surface area contributed by atoms with Crippen molar-refractivity contribution in [2.24, 2.45) is 5.92 Å². The van der Waals surface area contributed by atoms with Crippen LogP contribution in [0.2, 0.25) is 0 Å². The summed E-state index contributed by atoms with van der Waals surface area (Å²) in [6.45, 7) is 2.22. The maximum atomic E-state index is 13.1. The predicted molar refractivity (Wildman–Crippen MR) is 75.7 cm³/mol. The van der Waals surface area contributed by atoms with E-state index in [1.165, 1.54) is 12.1 Å². The van der Waals surface area contributed by atoms with Crippen molar-refractivity contribution in [1.29, 1.82) is 0 Å². The van der Waals surface area contributed by atoms with Crippen LogP contribution in [0.5, 0.6) is 0 Å². The average molecular weight is 287 g/mol. The minimum absolute atomic E-state index is 0. The summed E-state index contributed by atoms with van der Waals surface area (Å²) >= 11 is 0. The van der Waals surface area contributed by atoms with Gasteiger partial charge in [-0.05, 0) is 37.1 Å². The van der Waals surface area contributed by atoms with Crippen LogP contribution in [-0.4, -0.2) is 30.9 Å². The summed E-state index contributed by atoms with van der Waals surface area (Å²) < 4.78 is 13.1. The van der Waals surface area contributed by atoms with Crippen LogP contribution in [0.4, 0.5) is 4.39 Å². The first kappa shape index (κ1) is 15.9. The maximum Gasteiger partial charge on any atom is 0.227 e. The molecule has 1 aliphatic heterocycles. The molecule has 3 nitrogen and oxygen atoms in total. The fraction of sp³-hybridized carbons (Fsp3) is 0.500. The van der Waals surface area contributed by atoms with Crippen molar-refractivity contribution < 1.29 is 9.18 Å². The predicted octanol–water partition coefficient (Wildman–Crippen LogP) is 2.21. The Morgan fingerprint density at radius 3 is 2.95 bits per heavy atom. The lowest BCUT2D eigenvalue weighted by Crippen LogP contribution is -2.41. The zero-order valence-corrected chi connectivity index (χ0v) is 11.9. The fourth-order valence-electron chi connectivity index (χ4n) is 2.36. The maximum absolute atomic E-state index is 13.1. The van der Waals surface area contributed by atoms with Gasteiger partial charge in [-0.2, -0.15) is 0 Å². The molecule has 0 spiro atoms. The quantitative estimate of drug-likeness (QED) is 0.924. The van der Waals surface area contributed by atoms with Gasteiger partial charge in [0.05, 0.1) is 5.92 Å². The molecule has 0 aliphatic carbocycles. The third-order valence-corrected chi connectivity index (χ3v) is 3.33. The fourth-order valence-corrected chi connectivity index (χ4v) is 2.36. The molecule has 1 amide bonds. The number of halogens is 2. The largest absolute Gasteiger partial charge is 0.341 e. The molecular formula is C14H20ClFN2O. The summed E-state index contributed by atoms with van der Waals surface area (Å²) in [5.41, 5.74) is 0.828. The molecule has 1 aromatic rings. The average Bonchev–Trinajstić information content (AvgIpc) is 2.39. The highest BCUT2D eigenvalue weighted by Crippen LogP contribution is 2.14. The van der Waals surface area contributed by atoms with Gasteiger partial charge in [0.2, 0.25) is 5.91 Å². The zero-order valence-electron chi connectivity index (χ0n) is 11.1. The van der Waals surface area contributed by atoms with Crippen molar-refractivity contribution in [1.82, 2.24) is 10.2 Å². The molecule has 1 atom stereocenters. The summed E-state index contributed by atoms with van der Waals surface area (Å²) in [6, 6.07) is 6.40. The molecule has 1 unspecified atom stereocenters. The molecule has 106 valence electrons. The van der Waals surface area contributed by atoms with Gasteiger partial charge in [-0.25, -0.2) is 4.39 Å². The van der Waals surface area contributed by atoms with Crippen molar-refractivity contribution in [2.75, 3.05) is 20.1 Å². The summed E-state index contributed by atoms with van der Waals surface area (Å²) in [5, 5.41) is 3.24. The van der Waals surface area contributed by atoms with E-state index in [9.17, 15) is 9.18 Å². The summed E-state index contributed by atoms with van der Waals surface area (Å²) in [4.78, 5) is 13.9. The van der Waals surface area contributed by atoms with E-state index in [-0.39, 0.29) is 30.0 Å². The molecule has 19 heavy (non-hydrogen) atoms. The van der Waals surface area contributed by atoms with Gasteiger partial charge >= 0.3 is 0 Å². The Morgan fingerprint density at radius 1 is 1.53 bits per heavy atom. The summed E-state index contributed by atoms with van der Waals surface area (Å²) in [6.07, 6.45) is 1.99. The molecule has 0 saturated carbocycles. The van der Waals surface area contributed by atoms with Crippen LogP contribution < -0.4 is 5.32 Å². The van der Waals surface area contributed by atoms with Gasteiger partial charge in [0.25, 0.3) is 0 Å². The Balaban J connectivity index is 0.00000180. The summed E-state index contributed by atoms with van der Waals surface area (Å²) in [7, 11) is 1.78. The van der Waals surface area contributed by atoms with Crippen molar-refractivity contribution in [3.05, 3.63) is 35.6 Å². The SMILES string of the molecule is CN(Cc1cccc(F)c1)C(=O)C1CCCNC1.Cl. The van der Waals surface area contributed by atoms with E-state index in [0.717, 1.165) is 31.5 Å². The Hall–Kier alpha value is -1.13. The molecule has 1 N–H and O–H groups in total. The van der Waals surface area contributed by atoms with Crippen LogP contribution in [0.1, 0.15) is 18.4 Å². The van der Waals surface area contributed by atoms with Crippen molar-refractivity contribution in [3.63, 3.8) is 0 Å². The highest BCUT2D eigenvalue weighted by Gasteiger charge is 2.23. The molecule has 1 aliphatic rings. The van der Waals surface area contributed by atoms with Crippen LogP contribution in [0.3, 0.4) is 0 Å². The number of carbonyl (C=O) groups is 1. The number of nitrogens with zero attached hydrogens (tertiary/aromatic N) is 1. The number of amides is 1. The zero-order chi connectivity index (χ0) is 13.0. The van der Waals surface area contributed by atoms with Gasteiger partial charge in [-0.3, -0.25) is 4.79 Å². The van der Waals surface area contributed by atoms with Crippen molar-refractivity contribution >= 4 is 18.3 Å². The van der Waals surface area contributed by atoms with Gasteiger partial charge in [-0.1, -0.05) is 12.1 Å². The van der Waals surface area contributed by atoms with Gasteiger partial charge in [0, 0.05) is 20.1 Å². The number of piperidine rings is 1. The standard InChI is InChI=1S/C14H19FN2O.ClH/c1-17(10-11-4-2-6-13(15)8-11)14(18)12-5-3-7-16-9-12;/h2,4,6,8,12,16H,3,5,7,9-10H2,1H3;1H. The molecule has 1 fully saturated rings. The van der Waals surface area contributed by atoms with E-state index < -0.39 is 0 Å². The number of benzene rings is 1. The first-order chi connectivity index (χ1) is 8.66. The molecule has 0 bridgehead atoms. The van der Waals surface area contributed by atoms with E-state index in [1.54, 1.807) is 18.0 Å². The van der Waals surface area contributed by atoms with Gasteiger partial charge < -0.3 is 10.2 Å². The molecule has 0 aromatic heterocycles. The monoisotopic (exact) mass is 286 g/mol. The molecule has 5 heteroatoms. The summed E-state index contributed by atoms with van der Waals surface area (Å²) in [5.74, 6) is -0.0450. The van der Waals surface area contributed by atoms with E-state index in [2.05, 4.69) is 5.32 Å². The number of rotatable bonds is 3. The van der Waals surface area contributed by atoms with Gasteiger partial charge in [0.1, 0.15) is 5.82 Å². The lowest BCUT2D eigenvalue weighted by molar-refractivity contribution is -0.135. The second-order valence-electron chi connectivity index (χ2n) is 4.87. The van der Waals surface area contributed by atoms with E-state index >= 15 is 0 Å². The van der Waals surface area contributed by atoms with Crippen molar-refractivity contribution in [2.45, 2.75) is 19.4 Å². The molecule has 1 aromatic carbocycles. The Labute approximate surface area is 119 Å².